The summed E-state index contributed by atoms with van der Waals surface area (Å²) < 4.78 is 0. The molecular formula is C26H29ClN4O3. The topological polar surface area (TPSA) is 79.9 Å². The third-order valence-corrected chi connectivity index (χ3v) is 7.54. The number of hydrogen-bond donors (Lipinski definition) is 2. The van der Waals surface area contributed by atoms with Crippen LogP contribution in [0.15, 0.2) is 42.5 Å². The van der Waals surface area contributed by atoms with Gasteiger partial charge in [-0.15, -0.1) is 0 Å². The molecule has 0 unspecified atom stereocenters. The van der Waals surface area contributed by atoms with Crippen LogP contribution in [-0.2, 0) is 16.0 Å². The lowest BCUT2D eigenvalue weighted by Crippen LogP contribution is -2.70. The predicted octanol–water partition coefficient (Wildman–Crippen LogP) is 3.55. The molecule has 2 N–H and O–H groups in total. The summed E-state index contributed by atoms with van der Waals surface area (Å²) in [5.74, 6) is -0.0359. The highest BCUT2D eigenvalue weighted by molar-refractivity contribution is 6.31. The van der Waals surface area contributed by atoms with Crippen LogP contribution in [0.1, 0.15) is 36.7 Å². The Kier molecular flexibility index (Phi) is 5.57. The number of aromatic amines is 1. The number of piperazine rings is 1. The van der Waals surface area contributed by atoms with Crippen molar-refractivity contribution in [1.29, 1.82) is 0 Å². The third kappa shape index (κ3) is 3.54. The molecule has 178 valence electrons. The van der Waals surface area contributed by atoms with Crippen LogP contribution in [0.5, 0.6) is 5.75 Å². The molecule has 0 spiro atoms. The van der Waals surface area contributed by atoms with Crippen LogP contribution in [0.2, 0.25) is 5.02 Å². The molecule has 2 amide bonds. The van der Waals surface area contributed by atoms with E-state index < -0.39 is 11.6 Å². The second kappa shape index (κ2) is 8.32. The molecule has 0 bridgehead atoms. The quantitative estimate of drug-likeness (QED) is 0.585. The van der Waals surface area contributed by atoms with E-state index in [0.29, 0.717) is 24.5 Å². The van der Waals surface area contributed by atoms with Crippen molar-refractivity contribution in [3.63, 3.8) is 0 Å². The number of H-pyrrole nitrogens is 1. The minimum atomic E-state index is -1.05. The van der Waals surface area contributed by atoms with Gasteiger partial charge in [-0.1, -0.05) is 30.7 Å². The van der Waals surface area contributed by atoms with Crippen LogP contribution in [0.4, 0.5) is 0 Å². The highest BCUT2D eigenvalue weighted by Gasteiger charge is 2.55. The van der Waals surface area contributed by atoms with E-state index in [2.05, 4.69) is 16.8 Å². The Bertz CT molecular complexity index is 1290. The number of benzene rings is 2. The number of aromatic hydroxyl groups is 1. The fourth-order valence-corrected chi connectivity index (χ4v) is 5.57. The molecule has 7 nitrogen and oxygen atoms in total. The van der Waals surface area contributed by atoms with E-state index in [4.69, 9.17) is 11.6 Å². The number of phenols is 1. The average Bonchev–Trinajstić information content (AvgIpc) is 3.16. The number of aromatic nitrogens is 1. The first-order chi connectivity index (χ1) is 16.2. The van der Waals surface area contributed by atoms with Gasteiger partial charge in [-0.05, 0) is 62.0 Å². The van der Waals surface area contributed by atoms with Crippen molar-refractivity contribution in [2.45, 2.75) is 31.8 Å². The van der Waals surface area contributed by atoms with Gasteiger partial charge in [-0.25, -0.2) is 0 Å². The number of carbonyl (C=O) groups is 2. The predicted molar refractivity (Wildman–Crippen MR) is 132 cm³/mol. The fraction of sp³-hybridized carbons (Fsp3) is 0.385. The van der Waals surface area contributed by atoms with Crippen LogP contribution in [0.3, 0.4) is 0 Å². The van der Waals surface area contributed by atoms with Gasteiger partial charge in [-0.3, -0.25) is 9.59 Å². The van der Waals surface area contributed by atoms with Crippen molar-refractivity contribution >= 4 is 34.3 Å². The first-order valence-corrected chi connectivity index (χ1v) is 12.0. The van der Waals surface area contributed by atoms with Crippen molar-refractivity contribution in [2.75, 3.05) is 33.2 Å². The molecule has 3 aromatic rings. The molecule has 2 aliphatic rings. The Morgan fingerprint density at radius 1 is 1.24 bits per heavy atom. The van der Waals surface area contributed by atoms with Crippen molar-refractivity contribution < 1.29 is 14.7 Å². The van der Waals surface area contributed by atoms with E-state index in [1.54, 1.807) is 28.0 Å². The maximum atomic E-state index is 13.9. The van der Waals surface area contributed by atoms with Gasteiger partial charge in [0.25, 0.3) is 0 Å². The second-order valence-corrected chi connectivity index (χ2v) is 9.98. The second-order valence-electron chi connectivity index (χ2n) is 9.54. The molecular weight excluding hydrogens is 452 g/mol. The van der Waals surface area contributed by atoms with Crippen LogP contribution in [0.25, 0.3) is 10.9 Å². The summed E-state index contributed by atoms with van der Waals surface area (Å²) in [6.07, 6.45) is 0.392. The van der Waals surface area contributed by atoms with E-state index in [-0.39, 0.29) is 24.1 Å². The number of amides is 2. The molecule has 5 rings (SSSR count). The smallest absolute Gasteiger partial charge is 0.249 e. The molecule has 2 aromatic carbocycles. The maximum absolute atomic E-state index is 13.9. The zero-order valence-electron chi connectivity index (χ0n) is 19.6. The fourth-order valence-electron chi connectivity index (χ4n) is 5.40. The number of rotatable bonds is 5. The van der Waals surface area contributed by atoms with Gasteiger partial charge < -0.3 is 24.8 Å². The van der Waals surface area contributed by atoms with Crippen molar-refractivity contribution in [3.8, 4) is 5.75 Å². The van der Waals surface area contributed by atoms with Gasteiger partial charge in [0.05, 0.1) is 12.6 Å². The Hall–Kier alpha value is -3.03. The number of carbonyl (C=O) groups excluding carboxylic acids is 2. The Morgan fingerprint density at radius 3 is 2.76 bits per heavy atom. The van der Waals surface area contributed by atoms with E-state index in [1.807, 2.05) is 38.2 Å². The molecule has 3 heterocycles. The number of likely N-dealkylation sites (N-methyl/N-ethyl adjacent to an activating group) is 1. The Balaban J connectivity index is 1.67. The molecule has 0 radical (unpaired) electrons. The van der Waals surface area contributed by atoms with Gasteiger partial charge in [0.2, 0.25) is 11.8 Å². The highest BCUT2D eigenvalue weighted by Crippen LogP contribution is 2.47. The lowest BCUT2D eigenvalue weighted by atomic mass is 9.78. The number of phenolic OH excluding ortho intramolecular Hbond substituents is 1. The minimum absolute atomic E-state index is 0.0443. The average molecular weight is 481 g/mol. The normalized spacial score (nSPS) is 22.4. The summed E-state index contributed by atoms with van der Waals surface area (Å²) in [6, 6.07) is 12.1. The first-order valence-electron chi connectivity index (χ1n) is 11.6. The number of nitrogens with zero attached hydrogens (tertiary/aromatic N) is 3. The van der Waals surface area contributed by atoms with Crippen LogP contribution < -0.4 is 0 Å². The van der Waals surface area contributed by atoms with Gasteiger partial charge in [0.1, 0.15) is 11.3 Å². The van der Waals surface area contributed by atoms with E-state index >= 15 is 0 Å². The molecule has 1 aromatic heterocycles. The summed E-state index contributed by atoms with van der Waals surface area (Å²) in [4.78, 5) is 36.6. The number of fused-ring (bicyclic) bond motifs is 4. The van der Waals surface area contributed by atoms with Gasteiger partial charge in [-0.2, -0.15) is 0 Å². The lowest BCUT2D eigenvalue weighted by molar-refractivity contribution is -0.167. The molecule has 8 heteroatoms. The molecule has 34 heavy (non-hydrogen) atoms. The molecule has 2 atom stereocenters. The Morgan fingerprint density at radius 2 is 2.03 bits per heavy atom. The SMILES string of the molecule is CCN(C)CCN1CC(=O)N2[C@H](c3cccc(O)c3)c3[nH]c4ccc(Cl)cc4c3C[C@@]2(C)C1=O. The monoisotopic (exact) mass is 480 g/mol. The molecule has 0 aliphatic carbocycles. The van der Waals surface area contributed by atoms with Crippen LogP contribution in [0, 0.1) is 0 Å². The number of halogens is 1. The van der Waals surface area contributed by atoms with E-state index in [1.165, 1.54) is 0 Å². The molecule has 2 aliphatic heterocycles. The zero-order valence-corrected chi connectivity index (χ0v) is 20.4. The Labute approximate surface area is 203 Å². The van der Waals surface area contributed by atoms with Gasteiger partial charge in [0, 0.05) is 41.1 Å². The largest absolute Gasteiger partial charge is 0.508 e. The van der Waals surface area contributed by atoms with Crippen LogP contribution >= 0.6 is 11.6 Å². The van der Waals surface area contributed by atoms with Crippen molar-refractivity contribution in [1.82, 2.24) is 19.7 Å². The number of hydrogen-bond acceptors (Lipinski definition) is 4. The summed E-state index contributed by atoms with van der Waals surface area (Å²) in [7, 11) is 2.00. The van der Waals surface area contributed by atoms with Crippen molar-refractivity contribution in [2.24, 2.45) is 0 Å². The molecule has 0 saturated carbocycles. The standard InChI is InChI=1S/C26H29ClN4O3/c1-4-29(3)10-11-30-15-22(33)31-24(16-6-5-7-18(32)12-16)23-20(14-26(31,2)25(30)34)19-13-17(27)8-9-21(19)28-23/h5-9,12-13,24,28,32H,4,10-11,14-15H2,1-3H3/t24-,26+/m1/s1. The van der Waals surface area contributed by atoms with Crippen molar-refractivity contribution in [3.05, 3.63) is 64.3 Å². The third-order valence-electron chi connectivity index (χ3n) is 7.31. The lowest BCUT2D eigenvalue weighted by Gasteiger charge is -2.53. The summed E-state index contributed by atoms with van der Waals surface area (Å²) >= 11 is 6.33. The highest BCUT2D eigenvalue weighted by atomic mass is 35.5. The van der Waals surface area contributed by atoms with Gasteiger partial charge in [0.15, 0.2) is 0 Å². The first kappa shape index (κ1) is 22.7. The summed E-state index contributed by atoms with van der Waals surface area (Å²) in [5, 5.41) is 11.8. The maximum Gasteiger partial charge on any atom is 0.249 e. The van der Waals surface area contributed by atoms with E-state index in [9.17, 15) is 14.7 Å². The van der Waals surface area contributed by atoms with Gasteiger partial charge >= 0.3 is 0 Å². The summed E-state index contributed by atoms with van der Waals surface area (Å²) in [5.41, 5.74) is 2.45. The molecule has 1 fully saturated rings. The summed E-state index contributed by atoms with van der Waals surface area (Å²) in [6.45, 7) is 6.06. The van der Waals surface area contributed by atoms with Crippen LogP contribution in [-0.4, -0.2) is 75.4 Å². The minimum Gasteiger partial charge on any atom is -0.508 e. The zero-order chi connectivity index (χ0) is 24.2. The van der Waals surface area contributed by atoms with E-state index in [0.717, 1.165) is 34.3 Å². The molecule has 1 saturated heterocycles. The number of nitrogens with one attached hydrogen (secondary N) is 1.